The summed E-state index contributed by atoms with van der Waals surface area (Å²) in [6, 6.07) is 15.7. The summed E-state index contributed by atoms with van der Waals surface area (Å²) in [6.07, 6.45) is 1.31. The van der Waals surface area contributed by atoms with Gasteiger partial charge in [0.2, 0.25) is 5.91 Å². The average Bonchev–Trinajstić information content (AvgIpc) is 2.81. The molecular formula is C27H30Br2N2O4. The lowest BCUT2D eigenvalue weighted by Crippen LogP contribution is -2.49. The van der Waals surface area contributed by atoms with Crippen molar-refractivity contribution in [1.29, 1.82) is 0 Å². The minimum Gasteiger partial charge on any atom is -0.493 e. The number of hydrogen-bond donors (Lipinski definition) is 2. The maximum atomic E-state index is 12.6. The highest BCUT2D eigenvalue weighted by atomic mass is 79.9. The van der Waals surface area contributed by atoms with E-state index < -0.39 is 11.3 Å². The molecule has 8 heteroatoms. The molecule has 3 aromatic carbocycles. The smallest absolute Gasteiger partial charge is 0.276 e. The van der Waals surface area contributed by atoms with E-state index in [1.165, 1.54) is 0 Å². The molecule has 3 aromatic rings. The zero-order valence-corrected chi connectivity index (χ0v) is 23.5. The Morgan fingerprint density at radius 1 is 0.914 bits per heavy atom. The molecule has 0 heterocycles. The van der Waals surface area contributed by atoms with E-state index in [9.17, 15) is 9.59 Å². The van der Waals surface area contributed by atoms with Gasteiger partial charge in [0.15, 0.2) is 6.61 Å². The second kappa shape index (κ2) is 11.9. The third-order valence-corrected chi connectivity index (χ3v) is 7.03. The molecular weight excluding hydrogens is 576 g/mol. The van der Waals surface area contributed by atoms with Crippen LogP contribution in [0.2, 0.25) is 0 Å². The van der Waals surface area contributed by atoms with Crippen molar-refractivity contribution < 1.29 is 19.1 Å². The molecule has 0 bridgehead atoms. The Balaban J connectivity index is 1.43. The Hall–Kier alpha value is -2.58. The molecule has 2 amide bonds. The van der Waals surface area contributed by atoms with Crippen molar-refractivity contribution >= 4 is 54.4 Å². The summed E-state index contributed by atoms with van der Waals surface area (Å²) in [6.45, 7) is 8.00. The average molecular weight is 606 g/mol. The number of nitrogens with one attached hydrogen (secondary N) is 2. The van der Waals surface area contributed by atoms with E-state index in [-0.39, 0.29) is 12.5 Å². The standard InChI is InChI=1S/C27H30Br2N2O4/c1-17-6-7-18(2)23(14-17)34-13-5-12-27(3,4)26(33)31-30-24(32)16-35-22-11-8-19-15-20(28)9-10-21(19)25(22)29/h6-11,14-15H,5,12-13,16H2,1-4H3,(H,30,32)(H,31,33). The van der Waals surface area contributed by atoms with E-state index in [0.717, 1.165) is 36.6 Å². The molecule has 186 valence electrons. The molecule has 0 fully saturated rings. The number of ether oxygens (including phenoxy) is 2. The summed E-state index contributed by atoms with van der Waals surface area (Å²) >= 11 is 7.00. The largest absolute Gasteiger partial charge is 0.493 e. The molecule has 0 saturated carbocycles. The fourth-order valence-corrected chi connectivity index (χ4v) is 4.49. The van der Waals surface area contributed by atoms with E-state index in [2.05, 4.69) is 48.8 Å². The van der Waals surface area contributed by atoms with Crippen LogP contribution in [0.15, 0.2) is 57.5 Å². The highest BCUT2D eigenvalue weighted by molar-refractivity contribution is 9.11. The summed E-state index contributed by atoms with van der Waals surface area (Å²) in [5, 5.41) is 2.01. The van der Waals surface area contributed by atoms with Crippen LogP contribution in [0.1, 0.15) is 37.8 Å². The van der Waals surface area contributed by atoms with Crippen molar-refractivity contribution in [3.8, 4) is 11.5 Å². The number of amides is 2. The Morgan fingerprint density at radius 2 is 1.69 bits per heavy atom. The first kappa shape index (κ1) is 27.0. The number of hydrazine groups is 1. The van der Waals surface area contributed by atoms with Gasteiger partial charge in [0, 0.05) is 9.89 Å². The van der Waals surface area contributed by atoms with Crippen LogP contribution in [0.3, 0.4) is 0 Å². The van der Waals surface area contributed by atoms with Crippen molar-refractivity contribution in [3.05, 3.63) is 68.6 Å². The normalized spacial score (nSPS) is 11.3. The minimum atomic E-state index is -0.672. The Bertz CT molecular complexity index is 1230. The number of aryl methyl sites for hydroxylation is 2. The highest BCUT2D eigenvalue weighted by Crippen LogP contribution is 2.34. The van der Waals surface area contributed by atoms with Crippen LogP contribution in [0.5, 0.6) is 11.5 Å². The van der Waals surface area contributed by atoms with Gasteiger partial charge in [0.05, 0.1) is 11.1 Å². The van der Waals surface area contributed by atoms with Crippen molar-refractivity contribution in [2.24, 2.45) is 5.41 Å². The molecule has 2 N–H and O–H groups in total. The van der Waals surface area contributed by atoms with E-state index in [1.807, 2.05) is 64.1 Å². The van der Waals surface area contributed by atoms with Crippen LogP contribution in [-0.4, -0.2) is 25.0 Å². The number of carbonyl (C=O) groups excluding carboxylic acids is 2. The van der Waals surface area contributed by atoms with Gasteiger partial charge < -0.3 is 9.47 Å². The molecule has 0 spiro atoms. The van der Waals surface area contributed by atoms with Gasteiger partial charge in [0.25, 0.3) is 5.91 Å². The number of fused-ring (bicyclic) bond motifs is 1. The van der Waals surface area contributed by atoms with Gasteiger partial charge in [-0.25, -0.2) is 0 Å². The molecule has 35 heavy (non-hydrogen) atoms. The molecule has 0 saturated heterocycles. The predicted molar refractivity (Wildman–Crippen MR) is 146 cm³/mol. The molecule has 0 aliphatic carbocycles. The second-order valence-corrected chi connectivity index (χ2v) is 10.8. The number of rotatable bonds is 9. The number of carbonyl (C=O) groups is 2. The van der Waals surface area contributed by atoms with E-state index in [1.54, 1.807) is 6.07 Å². The third kappa shape index (κ3) is 7.45. The van der Waals surface area contributed by atoms with Crippen LogP contribution < -0.4 is 20.3 Å². The van der Waals surface area contributed by atoms with Gasteiger partial charge in [-0.2, -0.15) is 0 Å². The van der Waals surface area contributed by atoms with Crippen LogP contribution in [0, 0.1) is 19.3 Å². The van der Waals surface area contributed by atoms with E-state index in [4.69, 9.17) is 9.47 Å². The zero-order chi connectivity index (χ0) is 25.6. The Labute approximate surface area is 223 Å². The van der Waals surface area contributed by atoms with Crippen molar-refractivity contribution in [2.45, 2.75) is 40.5 Å². The van der Waals surface area contributed by atoms with Crippen LogP contribution in [0.25, 0.3) is 10.8 Å². The lowest BCUT2D eigenvalue weighted by Gasteiger charge is -2.23. The molecule has 0 aliphatic rings. The van der Waals surface area contributed by atoms with Crippen LogP contribution in [0.4, 0.5) is 0 Å². The van der Waals surface area contributed by atoms with Crippen molar-refractivity contribution in [1.82, 2.24) is 10.9 Å². The highest BCUT2D eigenvalue weighted by Gasteiger charge is 2.27. The van der Waals surface area contributed by atoms with Gasteiger partial charge in [-0.05, 0) is 88.8 Å². The monoisotopic (exact) mass is 604 g/mol. The first-order valence-corrected chi connectivity index (χ1v) is 13.0. The minimum absolute atomic E-state index is 0.231. The molecule has 0 radical (unpaired) electrons. The van der Waals surface area contributed by atoms with E-state index >= 15 is 0 Å². The summed E-state index contributed by atoms with van der Waals surface area (Å²) in [4.78, 5) is 24.9. The summed E-state index contributed by atoms with van der Waals surface area (Å²) in [5.41, 5.74) is 6.50. The van der Waals surface area contributed by atoms with Gasteiger partial charge >= 0.3 is 0 Å². The molecule has 0 unspecified atom stereocenters. The fourth-order valence-electron chi connectivity index (χ4n) is 3.50. The maximum absolute atomic E-state index is 12.6. The van der Waals surface area contributed by atoms with Gasteiger partial charge in [-0.15, -0.1) is 0 Å². The lowest BCUT2D eigenvalue weighted by molar-refractivity contribution is -0.135. The van der Waals surface area contributed by atoms with Gasteiger partial charge in [-0.3, -0.25) is 20.4 Å². The molecule has 0 atom stereocenters. The number of benzene rings is 3. The van der Waals surface area contributed by atoms with Crippen molar-refractivity contribution in [2.75, 3.05) is 13.2 Å². The lowest BCUT2D eigenvalue weighted by atomic mass is 9.87. The fraction of sp³-hybridized carbons (Fsp3) is 0.333. The van der Waals surface area contributed by atoms with Crippen LogP contribution in [-0.2, 0) is 9.59 Å². The second-order valence-electron chi connectivity index (χ2n) is 9.14. The number of halogens is 2. The summed E-state index contributed by atoms with van der Waals surface area (Å²) < 4.78 is 13.3. The first-order chi connectivity index (χ1) is 16.6. The Morgan fingerprint density at radius 3 is 2.46 bits per heavy atom. The maximum Gasteiger partial charge on any atom is 0.276 e. The molecule has 0 aliphatic heterocycles. The molecule has 3 rings (SSSR count). The summed E-state index contributed by atoms with van der Waals surface area (Å²) in [7, 11) is 0. The zero-order valence-electron chi connectivity index (χ0n) is 20.3. The number of hydrogen-bond acceptors (Lipinski definition) is 4. The third-order valence-electron chi connectivity index (χ3n) is 5.72. The van der Waals surface area contributed by atoms with Gasteiger partial charge in [-0.1, -0.05) is 54.0 Å². The first-order valence-electron chi connectivity index (χ1n) is 11.4. The van der Waals surface area contributed by atoms with Gasteiger partial charge in [0.1, 0.15) is 11.5 Å². The topological polar surface area (TPSA) is 76.7 Å². The molecule has 0 aromatic heterocycles. The van der Waals surface area contributed by atoms with Crippen LogP contribution >= 0.6 is 31.9 Å². The van der Waals surface area contributed by atoms with Crippen molar-refractivity contribution in [3.63, 3.8) is 0 Å². The summed E-state index contributed by atoms with van der Waals surface area (Å²) in [5.74, 6) is 0.696. The quantitative estimate of drug-likeness (QED) is 0.219. The Kier molecular flexibility index (Phi) is 9.19. The predicted octanol–water partition coefficient (Wildman–Crippen LogP) is 6.39. The van der Waals surface area contributed by atoms with E-state index in [0.29, 0.717) is 25.2 Å². The SMILES string of the molecule is Cc1ccc(C)c(OCCCC(C)(C)C(=O)NNC(=O)COc2ccc3cc(Br)ccc3c2Br)c1. The molecule has 6 nitrogen and oxygen atoms in total.